The van der Waals surface area contributed by atoms with Crippen LogP contribution >= 0.6 is 0 Å². The van der Waals surface area contributed by atoms with E-state index in [1.165, 1.54) is 6.07 Å². The number of hydrogen-bond acceptors (Lipinski definition) is 4. The van der Waals surface area contributed by atoms with Gasteiger partial charge in [0.15, 0.2) is 0 Å². The lowest BCUT2D eigenvalue weighted by atomic mass is 10.2. The molecule has 2 heterocycles. The highest BCUT2D eigenvalue weighted by Crippen LogP contribution is 2.03. The summed E-state index contributed by atoms with van der Waals surface area (Å²) in [6, 6.07) is 1.48. The molecule has 0 amide bonds. The second kappa shape index (κ2) is 4.92. The molecule has 0 aliphatic rings. The van der Waals surface area contributed by atoms with Crippen molar-refractivity contribution in [3.8, 4) is 5.69 Å². The van der Waals surface area contributed by atoms with Gasteiger partial charge in [0.2, 0.25) is 5.43 Å². The first-order valence-corrected chi connectivity index (χ1v) is 5.39. The zero-order valence-electron chi connectivity index (χ0n) is 9.58. The molecule has 0 unspecified atom stereocenters. The van der Waals surface area contributed by atoms with Gasteiger partial charge in [-0.1, -0.05) is 0 Å². The van der Waals surface area contributed by atoms with Crippen molar-refractivity contribution in [1.82, 2.24) is 19.6 Å². The smallest absolute Gasteiger partial charge is 0.203 e. The van der Waals surface area contributed by atoms with Crippen molar-refractivity contribution >= 4 is 0 Å². The summed E-state index contributed by atoms with van der Waals surface area (Å²) >= 11 is 0. The molecule has 0 aliphatic heterocycles. The van der Waals surface area contributed by atoms with Gasteiger partial charge in [0, 0.05) is 25.9 Å². The second-order valence-electron chi connectivity index (χ2n) is 3.77. The van der Waals surface area contributed by atoms with Crippen molar-refractivity contribution in [3.63, 3.8) is 0 Å². The quantitative estimate of drug-likeness (QED) is 0.801. The SMILES string of the molecule is Cn1cc(-n2ccc(=O)c(CCCO)n2)cn1. The van der Waals surface area contributed by atoms with Gasteiger partial charge in [-0.2, -0.15) is 10.2 Å². The third-order valence-corrected chi connectivity index (χ3v) is 2.41. The fourth-order valence-electron chi connectivity index (χ4n) is 1.54. The first-order valence-electron chi connectivity index (χ1n) is 5.39. The number of aliphatic hydroxyl groups excluding tert-OH is 1. The van der Waals surface area contributed by atoms with E-state index in [0.29, 0.717) is 18.5 Å². The maximum atomic E-state index is 11.5. The van der Waals surface area contributed by atoms with Crippen molar-refractivity contribution in [2.75, 3.05) is 6.61 Å². The zero-order chi connectivity index (χ0) is 12.3. The highest BCUT2D eigenvalue weighted by Gasteiger charge is 2.04. The van der Waals surface area contributed by atoms with Crippen LogP contribution in [0.5, 0.6) is 0 Å². The van der Waals surface area contributed by atoms with Gasteiger partial charge in [0.05, 0.1) is 12.4 Å². The number of hydrogen-bond donors (Lipinski definition) is 1. The number of aromatic nitrogens is 4. The molecule has 0 saturated carbocycles. The Labute approximate surface area is 98.1 Å². The molecule has 0 fully saturated rings. The van der Waals surface area contributed by atoms with Gasteiger partial charge < -0.3 is 5.11 Å². The van der Waals surface area contributed by atoms with Gasteiger partial charge in [-0.15, -0.1) is 0 Å². The van der Waals surface area contributed by atoms with E-state index in [1.807, 2.05) is 13.2 Å². The monoisotopic (exact) mass is 234 g/mol. The van der Waals surface area contributed by atoms with E-state index in [9.17, 15) is 4.79 Å². The Morgan fingerprint density at radius 3 is 2.94 bits per heavy atom. The Morgan fingerprint density at radius 2 is 2.29 bits per heavy atom. The van der Waals surface area contributed by atoms with Crippen LogP contribution < -0.4 is 5.43 Å². The van der Waals surface area contributed by atoms with E-state index in [4.69, 9.17) is 5.11 Å². The maximum absolute atomic E-state index is 11.5. The normalized spacial score (nSPS) is 10.7. The standard InChI is InChI=1S/C11H14N4O2/c1-14-8-9(7-12-14)15-5-4-11(17)10(13-15)3-2-6-16/h4-5,7-8,16H,2-3,6H2,1H3. The molecule has 6 nitrogen and oxygen atoms in total. The molecule has 1 N–H and O–H groups in total. The lowest BCUT2D eigenvalue weighted by Crippen LogP contribution is -2.16. The largest absolute Gasteiger partial charge is 0.396 e. The molecule has 0 bridgehead atoms. The molecular formula is C11H14N4O2. The van der Waals surface area contributed by atoms with Crippen LogP contribution in [0.2, 0.25) is 0 Å². The summed E-state index contributed by atoms with van der Waals surface area (Å²) in [6.45, 7) is 0.0584. The average Bonchev–Trinajstić information content (AvgIpc) is 2.75. The van der Waals surface area contributed by atoms with Crippen molar-refractivity contribution in [2.24, 2.45) is 7.05 Å². The average molecular weight is 234 g/mol. The lowest BCUT2D eigenvalue weighted by Gasteiger charge is -2.03. The van der Waals surface area contributed by atoms with Crippen LogP contribution in [0, 0.1) is 0 Å². The van der Waals surface area contributed by atoms with Crippen LogP contribution in [0.1, 0.15) is 12.1 Å². The van der Waals surface area contributed by atoms with Gasteiger partial charge in [0.1, 0.15) is 11.4 Å². The van der Waals surface area contributed by atoms with Crippen molar-refractivity contribution < 1.29 is 5.11 Å². The van der Waals surface area contributed by atoms with Gasteiger partial charge in [-0.05, 0) is 12.8 Å². The predicted octanol–water partition coefficient (Wildman–Crippen LogP) is -0.109. The summed E-state index contributed by atoms with van der Waals surface area (Å²) < 4.78 is 3.28. The van der Waals surface area contributed by atoms with E-state index < -0.39 is 0 Å². The van der Waals surface area contributed by atoms with Gasteiger partial charge in [0.25, 0.3) is 0 Å². The fourth-order valence-corrected chi connectivity index (χ4v) is 1.54. The fraction of sp³-hybridized carbons (Fsp3) is 0.364. The molecule has 2 aromatic rings. The minimum Gasteiger partial charge on any atom is -0.396 e. The molecule has 0 aromatic carbocycles. The summed E-state index contributed by atoms with van der Waals surface area (Å²) in [6.07, 6.45) is 6.12. The van der Waals surface area contributed by atoms with Gasteiger partial charge in [-0.3, -0.25) is 9.48 Å². The van der Waals surface area contributed by atoms with Crippen molar-refractivity contribution in [1.29, 1.82) is 0 Å². The molecular weight excluding hydrogens is 220 g/mol. The van der Waals surface area contributed by atoms with E-state index in [0.717, 1.165) is 5.69 Å². The molecule has 0 spiro atoms. The van der Waals surface area contributed by atoms with Crippen molar-refractivity contribution in [2.45, 2.75) is 12.8 Å². The van der Waals surface area contributed by atoms with Crippen LogP contribution in [-0.4, -0.2) is 31.3 Å². The van der Waals surface area contributed by atoms with Crippen LogP contribution in [0.3, 0.4) is 0 Å². The molecule has 0 atom stereocenters. The summed E-state index contributed by atoms with van der Waals surface area (Å²) in [5.41, 5.74) is 1.17. The van der Waals surface area contributed by atoms with E-state index >= 15 is 0 Å². The predicted molar refractivity (Wildman–Crippen MR) is 62.0 cm³/mol. The Morgan fingerprint density at radius 1 is 1.47 bits per heavy atom. The second-order valence-corrected chi connectivity index (χ2v) is 3.77. The summed E-state index contributed by atoms with van der Waals surface area (Å²) in [5.74, 6) is 0. The van der Waals surface area contributed by atoms with Crippen molar-refractivity contribution in [3.05, 3.63) is 40.6 Å². The summed E-state index contributed by atoms with van der Waals surface area (Å²) in [5, 5.41) is 17.0. The molecule has 90 valence electrons. The van der Waals surface area contributed by atoms with Gasteiger partial charge >= 0.3 is 0 Å². The van der Waals surface area contributed by atoms with E-state index in [-0.39, 0.29) is 12.0 Å². The molecule has 0 aliphatic carbocycles. The molecule has 0 saturated heterocycles. The Balaban J connectivity index is 2.33. The highest BCUT2D eigenvalue weighted by atomic mass is 16.2. The first-order chi connectivity index (χ1) is 8.20. The van der Waals surface area contributed by atoms with Gasteiger partial charge in [-0.25, -0.2) is 4.68 Å². The summed E-state index contributed by atoms with van der Waals surface area (Å²) in [4.78, 5) is 11.5. The van der Waals surface area contributed by atoms with Crippen LogP contribution in [0.4, 0.5) is 0 Å². The highest BCUT2D eigenvalue weighted by molar-refractivity contribution is 5.23. The Bertz CT molecular complexity index is 559. The number of aryl methyl sites for hydroxylation is 2. The Kier molecular flexibility index (Phi) is 3.34. The minimum absolute atomic E-state index is 0.0584. The van der Waals surface area contributed by atoms with E-state index in [2.05, 4.69) is 10.2 Å². The first kappa shape index (κ1) is 11.5. The lowest BCUT2D eigenvalue weighted by molar-refractivity contribution is 0.287. The number of rotatable bonds is 4. The Hall–Kier alpha value is -1.95. The number of aliphatic hydroxyl groups is 1. The maximum Gasteiger partial charge on any atom is 0.203 e. The third kappa shape index (κ3) is 2.59. The topological polar surface area (TPSA) is 72.9 Å². The van der Waals surface area contributed by atoms with Crippen LogP contribution in [0.15, 0.2) is 29.5 Å². The molecule has 2 rings (SSSR count). The third-order valence-electron chi connectivity index (χ3n) is 2.41. The molecule has 6 heteroatoms. The molecule has 0 radical (unpaired) electrons. The molecule has 2 aromatic heterocycles. The van der Waals surface area contributed by atoms with Crippen LogP contribution in [-0.2, 0) is 13.5 Å². The van der Waals surface area contributed by atoms with Crippen LogP contribution in [0.25, 0.3) is 5.69 Å². The zero-order valence-corrected chi connectivity index (χ0v) is 9.58. The van der Waals surface area contributed by atoms with E-state index in [1.54, 1.807) is 21.8 Å². The molecule has 17 heavy (non-hydrogen) atoms. The summed E-state index contributed by atoms with van der Waals surface area (Å²) in [7, 11) is 1.82. The number of nitrogens with zero attached hydrogens (tertiary/aromatic N) is 4. The minimum atomic E-state index is -0.0985.